The molecular weight excluding hydrogens is 236 g/mol. The fourth-order valence-electron chi connectivity index (χ4n) is 2.02. The maximum Gasteiger partial charge on any atom is 0.224 e. The molecule has 0 aromatic carbocycles. The third kappa shape index (κ3) is 6.99. The van der Waals surface area contributed by atoms with E-state index in [0.717, 1.165) is 24.0 Å². The van der Waals surface area contributed by atoms with E-state index in [9.17, 15) is 0 Å². The van der Waals surface area contributed by atoms with Crippen molar-refractivity contribution in [3.63, 3.8) is 0 Å². The minimum Gasteiger partial charge on any atom is -0.370 e. The molecule has 0 amide bonds. The zero-order valence-electron chi connectivity index (χ0n) is 12.8. The van der Waals surface area contributed by atoms with Crippen LogP contribution in [-0.4, -0.2) is 23.6 Å². The van der Waals surface area contributed by atoms with Gasteiger partial charge in [0.05, 0.1) is 0 Å². The van der Waals surface area contributed by atoms with Crippen molar-refractivity contribution in [1.29, 1.82) is 0 Å². The topological polar surface area (TPSA) is 49.8 Å². The van der Waals surface area contributed by atoms with Gasteiger partial charge in [-0.3, -0.25) is 0 Å². The molecule has 0 aliphatic carbocycles. The van der Waals surface area contributed by atoms with E-state index in [1.165, 1.54) is 32.1 Å². The highest BCUT2D eigenvalue weighted by Crippen LogP contribution is 2.11. The highest BCUT2D eigenvalue weighted by atomic mass is 15.1. The number of hydrogen-bond donors (Lipinski definition) is 2. The first-order valence-corrected chi connectivity index (χ1v) is 7.39. The van der Waals surface area contributed by atoms with Crippen LogP contribution in [0.3, 0.4) is 0 Å². The highest BCUT2D eigenvalue weighted by Gasteiger charge is 2.00. The lowest BCUT2D eigenvalue weighted by Crippen LogP contribution is -2.06. The summed E-state index contributed by atoms with van der Waals surface area (Å²) in [5.41, 5.74) is 0.985. The molecule has 0 unspecified atom stereocenters. The maximum absolute atomic E-state index is 4.38. The quantitative estimate of drug-likeness (QED) is 0.665. The van der Waals surface area contributed by atoms with Crippen molar-refractivity contribution in [2.24, 2.45) is 5.92 Å². The predicted octanol–water partition coefficient (Wildman–Crippen LogP) is 3.85. The van der Waals surface area contributed by atoms with Crippen molar-refractivity contribution in [1.82, 2.24) is 9.97 Å². The van der Waals surface area contributed by atoms with Gasteiger partial charge in [0.25, 0.3) is 0 Å². The van der Waals surface area contributed by atoms with Crippen molar-refractivity contribution in [3.8, 4) is 0 Å². The Morgan fingerprint density at radius 2 is 1.84 bits per heavy atom. The van der Waals surface area contributed by atoms with Crippen LogP contribution in [0.5, 0.6) is 0 Å². The Morgan fingerprint density at radius 1 is 1.11 bits per heavy atom. The summed E-state index contributed by atoms with van der Waals surface area (Å²) in [4.78, 5) is 8.65. The second-order valence-electron chi connectivity index (χ2n) is 5.49. The molecule has 1 aromatic rings. The van der Waals surface area contributed by atoms with Gasteiger partial charge in [0.15, 0.2) is 0 Å². The molecule has 4 nitrogen and oxygen atoms in total. The van der Waals surface area contributed by atoms with Gasteiger partial charge in [0, 0.05) is 25.4 Å². The Labute approximate surface area is 117 Å². The largest absolute Gasteiger partial charge is 0.370 e. The third-order valence-corrected chi connectivity index (χ3v) is 3.09. The van der Waals surface area contributed by atoms with Gasteiger partial charge in [-0.05, 0) is 19.3 Å². The molecule has 1 rings (SSSR count). The molecule has 19 heavy (non-hydrogen) atoms. The van der Waals surface area contributed by atoms with Gasteiger partial charge in [0.2, 0.25) is 5.95 Å². The summed E-state index contributed by atoms with van der Waals surface area (Å²) in [6, 6.07) is 1.99. The van der Waals surface area contributed by atoms with Gasteiger partial charge in [-0.25, -0.2) is 4.98 Å². The normalized spacial score (nSPS) is 10.8. The van der Waals surface area contributed by atoms with Crippen molar-refractivity contribution in [2.75, 3.05) is 24.2 Å². The Balaban J connectivity index is 2.17. The molecular formula is C15H28N4. The van der Waals surface area contributed by atoms with Gasteiger partial charge >= 0.3 is 0 Å². The van der Waals surface area contributed by atoms with Gasteiger partial charge < -0.3 is 10.6 Å². The Kier molecular flexibility index (Phi) is 7.23. The second kappa shape index (κ2) is 8.73. The average molecular weight is 264 g/mol. The van der Waals surface area contributed by atoms with Gasteiger partial charge in [0.1, 0.15) is 5.82 Å². The number of nitrogens with zero attached hydrogens (tertiary/aromatic N) is 2. The van der Waals surface area contributed by atoms with E-state index in [0.29, 0.717) is 5.95 Å². The molecule has 0 radical (unpaired) electrons. The lowest BCUT2D eigenvalue weighted by molar-refractivity contribution is 0.523. The molecule has 0 spiro atoms. The van der Waals surface area contributed by atoms with Crippen LogP contribution in [0.1, 0.15) is 51.6 Å². The second-order valence-corrected chi connectivity index (χ2v) is 5.49. The third-order valence-electron chi connectivity index (χ3n) is 3.09. The zero-order chi connectivity index (χ0) is 14.1. The summed E-state index contributed by atoms with van der Waals surface area (Å²) in [5.74, 6) is 2.43. The van der Waals surface area contributed by atoms with Crippen LogP contribution in [-0.2, 0) is 0 Å². The molecule has 0 bridgehead atoms. The summed E-state index contributed by atoms with van der Waals surface area (Å²) >= 11 is 0. The number of rotatable bonds is 9. The predicted molar refractivity (Wildman–Crippen MR) is 82.7 cm³/mol. The number of hydrogen-bond acceptors (Lipinski definition) is 4. The standard InChI is InChI=1S/C15H28N4/c1-12(2)9-7-5-6-8-10-17-14-11-13(3)18-15(16-4)19-14/h11-12H,5-10H2,1-4H3,(H2,16,17,18,19). The van der Waals surface area contributed by atoms with E-state index in [4.69, 9.17) is 0 Å². The van der Waals surface area contributed by atoms with Gasteiger partial charge in [-0.2, -0.15) is 4.98 Å². The first-order chi connectivity index (χ1) is 9.11. The Morgan fingerprint density at radius 3 is 2.53 bits per heavy atom. The number of nitrogens with one attached hydrogen (secondary N) is 2. The number of anilines is 2. The molecule has 0 saturated heterocycles. The van der Waals surface area contributed by atoms with E-state index in [1.807, 2.05) is 20.0 Å². The molecule has 1 heterocycles. The van der Waals surface area contributed by atoms with Crippen LogP contribution in [0.25, 0.3) is 0 Å². The van der Waals surface area contributed by atoms with E-state index >= 15 is 0 Å². The molecule has 108 valence electrons. The van der Waals surface area contributed by atoms with E-state index in [1.54, 1.807) is 0 Å². The van der Waals surface area contributed by atoms with Crippen LogP contribution in [0.4, 0.5) is 11.8 Å². The minimum atomic E-state index is 0.680. The molecule has 0 atom stereocenters. The van der Waals surface area contributed by atoms with Gasteiger partial charge in [-0.15, -0.1) is 0 Å². The van der Waals surface area contributed by atoms with Crippen LogP contribution in [0, 0.1) is 12.8 Å². The zero-order valence-corrected chi connectivity index (χ0v) is 12.8. The summed E-state index contributed by atoms with van der Waals surface area (Å²) in [7, 11) is 1.84. The fraction of sp³-hybridized carbons (Fsp3) is 0.733. The molecule has 0 fully saturated rings. The fourth-order valence-corrected chi connectivity index (χ4v) is 2.02. The lowest BCUT2D eigenvalue weighted by Gasteiger charge is -2.08. The molecule has 0 aliphatic rings. The van der Waals surface area contributed by atoms with Crippen LogP contribution >= 0.6 is 0 Å². The first-order valence-electron chi connectivity index (χ1n) is 7.39. The summed E-state index contributed by atoms with van der Waals surface area (Å²) in [5, 5.41) is 6.34. The SMILES string of the molecule is CNc1nc(C)cc(NCCCCCCC(C)C)n1. The van der Waals surface area contributed by atoms with Crippen molar-refractivity contribution in [3.05, 3.63) is 11.8 Å². The molecule has 4 heteroatoms. The van der Waals surface area contributed by atoms with Crippen molar-refractivity contribution >= 4 is 11.8 Å². The molecule has 1 aromatic heterocycles. The highest BCUT2D eigenvalue weighted by molar-refractivity contribution is 5.41. The Hall–Kier alpha value is -1.32. The van der Waals surface area contributed by atoms with E-state index in [2.05, 4.69) is 34.4 Å². The van der Waals surface area contributed by atoms with Crippen molar-refractivity contribution < 1.29 is 0 Å². The lowest BCUT2D eigenvalue weighted by atomic mass is 10.0. The average Bonchev–Trinajstić information content (AvgIpc) is 2.36. The summed E-state index contributed by atoms with van der Waals surface area (Å²) < 4.78 is 0. The molecule has 2 N–H and O–H groups in total. The van der Waals surface area contributed by atoms with E-state index in [-0.39, 0.29) is 0 Å². The molecule has 0 aliphatic heterocycles. The van der Waals surface area contributed by atoms with Crippen LogP contribution in [0.2, 0.25) is 0 Å². The summed E-state index contributed by atoms with van der Waals surface area (Å²) in [6.45, 7) is 7.55. The smallest absolute Gasteiger partial charge is 0.224 e. The Bertz CT molecular complexity index is 363. The first kappa shape index (κ1) is 15.7. The monoisotopic (exact) mass is 264 g/mol. The number of aryl methyl sites for hydroxylation is 1. The summed E-state index contributed by atoms with van der Waals surface area (Å²) in [6.07, 6.45) is 6.54. The molecule has 0 saturated carbocycles. The van der Waals surface area contributed by atoms with Crippen molar-refractivity contribution in [2.45, 2.75) is 52.9 Å². The maximum atomic E-state index is 4.38. The number of aromatic nitrogens is 2. The number of unbranched alkanes of at least 4 members (excludes halogenated alkanes) is 3. The van der Waals surface area contributed by atoms with Crippen LogP contribution in [0.15, 0.2) is 6.07 Å². The van der Waals surface area contributed by atoms with Gasteiger partial charge in [-0.1, -0.05) is 39.5 Å². The minimum absolute atomic E-state index is 0.680. The van der Waals surface area contributed by atoms with Crippen LogP contribution < -0.4 is 10.6 Å². The van der Waals surface area contributed by atoms with E-state index < -0.39 is 0 Å².